The van der Waals surface area contributed by atoms with Crippen molar-refractivity contribution in [2.24, 2.45) is 4.99 Å². The second kappa shape index (κ2) is 9.88. The van der Waals surface area contributed by atoms with Crippen LogP contribution in [0, 0.1) is 0 Å². The van der Waals surface area contributed by atoms with Gasteiger partial charge < -0.3 is 24.8 Å². The monoisotopic (exact) mass is 383 g/mol. The summed E-state index contributed by atoms with van der Waals surface area (Å²) < 4.78 is 17.0. The molecule has 1 heterocycles. The fourth-order valence-electron chi connectivity index (χ4n) is 3.18. The molecule has 0 saturated carbocycles. The highest BCUT2D eigenvalue weighted by Gasteiger charge is 2.22. The minimum absolute atomic E-state index is 0.117. The molecule has 0 spiro atoms. The molecule has 150 valence electrons. The number of methoxy groups -OCH3 is 1. The molecule has 0 saturated heterocycles. The van der Waals surface area contributed by atoms with E-state index in [9.17, 15) is 0 Å². The van der Waals surface area contributed by atoms with Crippen LogP contribution in [-0.2, 0) is 13.0 Å². The van der Waals surface area contributed by atoms with Crippen molar-refractivity contribution in [2.75, 3.05) is 26.8 Å². The molecular weight excluding hydrogens is 354 g/mol. The van der Waals surface area contributed by atoms with Crippen molar-refractivity contribution in [1.29, 1.82) is 0 Å². The molecule has 1 aliphatic heterocycles. The number of hydrogen-bond donors (Lipinski definition) is 2. The van der Waals surface area contributed by atoms with Crippen LogP contribution in [0.3, 0.4) is 0 Å². The lowest BCUT2D eigenvalue weighted by Crippen LogP contribution is -2.42. The molecule has 2 aromatic carbocycles. The number of hydrogen-bond acceptors (Lipinski definition) is 4. The highest BCUT2D eigenvalue weighted by atomic mass is 16.5. The summed E-state index contributed by atoms with van der Waals surface area (Å²) >= 11 is 0. The van der Waals surface area contributed by atoms with Gasteiger partial charge in [-0.15, -0.1) is 0 Å². The molecule has 6 heteroatoms. The summed E-state index contributed by atoms with van der Waals surface area (Å²) in [5.41, 5.74) is 2.32. The van der Waals surface area contributed by atoms with Crippen LogP contribution >= 0.6 is 0 Å². The lowest BCUT2D eigenvalue weighted by atomic mass is 10.1. The highest BCUT2D eigenvalue weighted by molar-refractivity contribution is 5.79. The molecule has 0 bridgehead atoms. The van der Waals surface area contributed by atoms with Crippen molar-refractivity contribution >= 4 is 5.96 Å². The van der Waals surface area contributed by atoms with Gasteiger partial charge in [0.05, 0.1) is 26.8 Å². The minimum atomic E-state index is 0.117. The van der Waals surface area contributed by atoms with E-state index in [-0.39, 0.29) is 6.10 Å². The zero-order valence-corrected chi connectivity index (χ0v) is 16.8. The maximum atomic E-state index is 5.99. The van der Waals surface area contributed by atoms with Gasteiger partial charge in [0, 0.05) is 13.0 Å². The van der Waals surface area contributed by atoms with Crippen LogP contribution in [-0.4, -0.2) is 38.9 Å². The molecule has 0 radical (unpaired) electrons. The molecule has 6 nitrogen and oxygen atoms in total. The van der Waals surface area contributed by atoms with E-state index in [1.165, 1.54) is 5.56 Å². The Balaban J connectivity index is 1.59. The fraction of sp³-hybridized carbons (Fsp3) is 0.409. The topological polar surface area (TPSA) is 64.1 Å². The molecule has 1 aliphatic rings. The van der Waals surface area contributed by atoms with E-state index in [0.29, 0.717) is 19.7 Å². The van der Waals surface area contributed by atoms with E-state index < -0.39 is 0 Å². The summed E-state index contributed by atoms with van der Waals surface area (Å²) in [6.07, 6.45) is 1.03. The number of nitrogens with zero attached hydrogens (tertiary/aromatic N) is 1. The maximum absolute atomic E-state index is 5.99. The number of aliphatic imine (C=N–C) groups is 1. The smallest absolute Gasteiger partial charge is 0.191 e. The average Bonchev–Trinajstić information content (AvgIpc) is 3.13. The first-order valence-electron chi connectivity index (χ1n) is 9.80. The van der Waals surface area contributed by atoms with Crippen LogP contribution in [0.5, 0.6) is 17.2 Å². The summed E-state index contributed by atoms with van der Waals surface area (Å²) in [4.78, 5) is 4.69. The van der Waals surface area contributed by atoms with Gasteiger partial charge in [0.25, 0.3) is 0 Å². The van der Waals surface area contributed by atoms with Crippen LogP contribution in [0.1, 0.15) is 25.0 Å². The Morgan fingerprint density at radius 2 is 2.00 bits per heavy atom. The normalized spacial score (nSPS) is 15.5. The summed E-state index contributed by atoms with van der Waals surface area (Å²) in [7, 11) is 1.65. The molecule has 0 aromatic heterocycles. The second-order valence-electron chi connectivity index (χ2n) is 6.55. The maximum Gasteiger partial charge on any atom is 0.191 e. The van der Waals surface area contributed by atoms with Crippen LogP contribution in [0.4, 0.5) is 0 Å². The predicted molar refractivity (Wildman–Crippen MR) is 112 cm³/mol. The quantitative estimate of drug-likeness (QED) is 0.542. The molecule has 28 heavy (non-hydrogen) atoms. The number of para-hydroxylation sites is 1. The van der Waals surface area contributed by atoms with E-state index in [0.717, 1.165) is 41.7 Å². The predicted octanol–water partition coefficient (Wildman–Crippen LogP) is 3.15. The first kappa shape index (κ1) is 19.9. The zero-order chi connectivity index (χ0) is 19.8. The van der Waals surface area contributed by atoms with Gasteiger partial charge in [-0.3, -0.25) is 0 Å². The van der Waals surface area contributed by atoms with Gasteiger partial charge in [0.1, 0.15) is 11.9 Å². The number of fused-ring (bicyclic) bond motifs is 1. The number of benzene rings is 2. The standard InChI is InChI=1S/C22H29N3O3/c1-4-23-22(25-15-18-13-17-8-6-7-9-19(17)28-18)24-14-16-10-11-20(26-3)21(12-16)27-5-2/h6-12,18H,4-5,13-15H2,1-3H3,(H2,23,24,25). The van der Waals surface area contributed by atoms with Crippen molar-refractivity contribution in [1.82, 2.24) is 10.6 Å². The van der Waals surface area contributed by atoms with E-state index >= 15 is 0 Å². The van der Waals surface area contributed by atoms with E-state index in [1.54, 1.807) is 7.11 Å². The minimum Gasteiger partial charge on any atom is -0.493 e. The second-order valence-corrected chi connectivity index (χ2v) is 6.55. The Labute approximate surface area is 166 Å². The third-order valence-electron chi connectivity index (χ3n) is 4.50. The molecule has 0 aliphatic carbocycles. The Morgan fingerprint density at radius 3 is 2.75 bits per heavy atom. The summed E-state index contributed by atoms with van der Waals surface area (Å²) in [6, 6.07) is 14.1. The van der Waals surface area contributed by atoms with Gasteiger partial charge in [0.15, 0.2) is 17.5 Å². The van der Waals surface area contributed by atoms with Crippen molar-refractivity contribution in [3.8, 4) is 17.2 Å². The molecule has 0 amide bonds. The largest absolute Gasteiger partial charge is 0.493 e. The third-order valence-corrected chi connectivity index (χ3v) is 4.50. The van der Waals surface area contributed by atoms with Gasteiger partial charge in [0.2, 0.25) is 0 Å². The molecule has 1 atom stereocenters. The molecule has 1 unspecified atom stereocenters. The number of nitrogens with one attached hydrogen (secondary N) is 2. The SMILES string of the molecule is CCNC(=NCc1ccc(OC)c(OCC)c1)NCC1Cc2ccccc2O1. The van der Waals surface area contributed by atoms with Crippen LogP contribution in [0.15, 0.2) is 47.5 Å². The van der Waals surface area contributed by atoms with Crippen LogP contribution in [0.25, 0.3) is 0 Å². The Bertz CT molecular complexity index is 782. The Morgan fingerprint density at radius 1 is 1.14 bits per heavy atom. The first-order chi connectivity index (χ1) is 13.7. The zero-order valence-electron chi connectivity index (χ0n) is 16.8. The molecule has 3 rings (SSSR count). The molecular formula is C22H29N3O3. The van der Waals surface area contributed by atoms with Crippen LogP contribution < -0.4 is 24.8 Å². The molecule has 2 aromatic rings. The first-order valence-corrected chi connectivity index (χ1v) is 9.80. The van der Waals surface area contributed by atoms with Crippen molar-refractivity contribution in [3.63, 3.8) is 0 Å². The summed E-state index contributed by atoms with van der Waals surface area (Å²) in [6.45, 7) is 6.65. The third kappa shape index (κ3) is 5.09. The van der Waals surface area contributed by atoms with Crippen molar-refractivity contribution in [3.05, 3.63) is 53.6 Å². The summed E-state index contributed by atoms with van der Waals surface area (Å²) in [5.74, 6) is 3.24. The van der Waals surface area contributed by atoms with Gasteiger partial charge >= 0.3 is 0 Å². The van der Waals surface area contributed by atoms with E-state index in [4.69, 9.17) is 19.2 Å². The van der Waals surface area contributed by atoms with Gasteiger partial charge in [-0.05, 0) is 43.2 Å². The Hall–Kier alpha value is -2.89. The Kier molecular flexibility index (Phi) is 7.00. The fourth-order valence-corrected chi connectivity index (χ4v) is 3.18. The number of ether oxygens (including phenoxy) is 3. The average molecular weight is 383 g/mol. The van der Waals surface area contributed by atoms with Gasteiger partial charge in [-0.1, -0.05) is 24.3 Å². The number of rotatable bonds is 8. The van der Waals surface area contributed by atoms with Gasteiger partial charge in [-0.2, -0.15) is 0 Å². The van der Waals surface area contributed by atoms with Gasteiger partial charge in [-0.25, -0.2) is 4.99 Å². The van der Waals surface area contributed by atoms with Crippen LogP contribution in [0.2, 0.25) is 0 Å². The molecule has 0 fully saturated rings. The highest BCUT2D eigenvalue weighted by Crippen LogP contribution is 2.29. The van der Waals surface area contributed by atoms with E-state index in [2.05, 4.69) is 29.7 Å². The van der Waals surface area contributed by atoms with E-state index in [1.807, 2.05) is 37.3 Å². The lowest BCUT2D eigenvalue weighted by Gasteiger charge is -2.15. The molecule has 2 N–H and O–H groups in total. The summed E-state index contributed by atoms with van der Waals surface area (Å²) in [5, 5.41) is 6.68. The van der Waals surface area contributed by atoms with Crippen molar-refractivity contribution < 1.29 is 14.2 Å². The lowest BCUT2D eigenvalue weighted by molar-refractivity contribution is 0.235. The number of guanidine groups is 1. The van der Waals surface area contributed by atoms with Crippen molar-refractivity contribution in [2.45, 2.75) is 32.9 Å².